The van der Waals surface area contributed by atoms with Crippen LogP contribution in [-0.2, 0) is 4.79 Å². The SMILES string of the molecule is O=C(Nc1ccc(Cl)cc1)N[C@@H]1CCCN(c2ccc(-c3cccnc3F)cc2)C1=O. The number of rotatable bonds is 4. The zero-order chi connectivity index (χ0) is 21.8. The van der Waals surface area contributed by atoms with Crippen LogP contribution in [0.25, 0.3) is 11.1 Å². The molecule has 3 aromatic rings. The number of nitrogens with one attached hydrogen (secondary N) is 2. The third kappa shape index (κ3) is 4.83. The molecule has 1 aliphatic rings. The third-order valence-corrected chi connectivity index (χ3v) is 5.35. The van der Waals surface area contributed by atoms with Crippen LogP contribution in [0.5, 0.6) is 0 Å². The van der Waals surface area contributed by atoms with Gasteiger partial charge in [-0.3, -0.25) is 4.79 Å². The van der Waals surface area contributed by atoms with E-state index in [-0.39, 0.29) is 5.91 Å². The molecule has 31 heavy (non-hydrogen) atoms. The highest BCUT2D eigenvalue weighted by molar-refractivity contribution is 6.30. The minimum atomic E-state index is -0.628. The van der Waals surface area contributed by atoms with Crippen LogP contribution < -0.4 is 15.5 Å². The molecular formula is C23H20ClFN4O2. The molecule has 0 saturated carbocycles. The monoisotopic (exact) mass is 438 g/mol. The van der Waals surface area contributed by atoms with Crippen molar-refractivity contribution < 1.29 is 14.0 Å². The number of carbonyl (C=O) groups excluding carboxylic acids is 2. The van der Waals surface area contributed by atoms with Crippen molar-refractivity contribution in [3.8, 4) is 11.1 Å². The van der Waals surface area contributed by atoms with Crippen molar-refractivity contribution in [3.63, 3.8) is 0 Å². The van der Waals surface area contributed by atoms with E-state index in [1.165, 1.54) is 6.20 Å². The summed E-state index contributed by atoms with van der Waals surface area (Å²) in [5.74, 6) is -0.724. The second-order valence-electron chi connectivity index (χ2n) is 7.18. The highest BCUT2D eigenvalue weighted by atomic mass is 35.5. The lowest BCUT2D eigenvalue weighted by Gasteiger charge is -2.32. The maximum Gasteiger partial charge on any atom is 0.319 e. The number of piperidine rings is 1. The zero-order valence-electron chi connectivity index (χ0n) is 16.5. The normalized spacial score (nSPS) is 16.1. The quantitative estimate of drug-likeness (QED) is 0.571. The largest absolute Gasteiger partial charge is 0.326 e. The number of amides is 3. The fourth-order valence-electron chi connectivity index (χ4n) is 3.55. The predicted octanol–water partition coefficient (Wildman–Crippen LogP) is 4.86. The first kappa shape index (κ1) is 20.8. The van der Waals surface area contributed by atoms with Gasteiger partial charge in [-0.05, 0) is 66.9 Å². The van der Waals surface area contributed by atoms with E-state index in [0.717, 1.165) is 6.42 Å². The van der Waals surface area contributed by atoms with Gasteiger partial charge in [-0.25, -0.2) is 9.78 Å². The van der Waals surface area contributed by atoms with Crippen LogP contribution in [0.2, 0.25) is 5.02 Å². The van der Waals surface area contributed by atoms with Crippen LogP contribution >= 0.6 is 11.6 Å². The van der Waals surface area contributed by atoms with Gasteiger partial charge in [-0.15, -0.1) is 0 Å². The Morgan fingerprint density at radius 2 is 1.84 bits per heavy atom. The van der Waals surface area contributed by atoms with Crippen LogP contribution in [0.3, 0.4) is 0 Å². The molecule has 1 fully saturated rings. The molecule has 3 amide bonds. The molecule has 0 unspecified atom stereocenters. The Hall–Kier alpha value is -3.45. The number of hydrogen-bond acceptors (Lipinski definition) is 3. The topological polar surface area (TPSA) is 74.3 Å². The van der Waals surface area contributed by atoms with Gasteiger partial charge in [0.2, 0.25) is 11.9 Å². The number of urea groups is 1. The summed E-state index contributed by atoms with van der Waals surface area (Å²) in [6.07, 6.45) is 2.70. The average Bonchev–Trinajstić information content (AvgIpc) is 2.77. The summed E-state index contributed by atoms with van der Waals surface area (Å²) >= 11 is 5.85. The van der Waals surface area contributed by atoms with Crippen molar-refractivity contribution in [2.24, 2.45) is 0 Å². The Morgan fingerprint density at radius 1 is 1.10 bits per heavy atom. The number of halogens is 2. The number of aromatic nitrogens is 1. The molecule has 2 N–H and O–H groups in total. The van der Waals surface area contributed by atoms with Gasteiger partial charge in [-0.2, -0.15) is 4.39 Å². The highest BCUT2D eigenvalue weighted by Crippen LogP contribution is 2.27. The standard InChI is InChI=1S/C23H20ClFN4O2/c24-16-7-9-17(10-8-16)27-23(31)28-20-4-2-14-29(22(20)30)18-11-5-15(6-12-18)19-3-1-13-26-21(19)25/h1,3,5-13,20H,2,4,14H2,(H2,27,28,31)/t20-/m1/s1. The average molecular weight is 439 g/mol. The fraction of sp³-hybridized carbons (Fsp3) is 0.174. The second-order valence-corrected chi connectivity index (χ2v) is 7.62. The number of hydrogen-bond donors (Lipinski definition) is 2. The molecule has 1 saturated heterocycles. The molecule has 1 aliphatic heterocycles. The number of pyridine rings is 1. The smallest absolute Gasteiger partial charge is 0.319 e. The van der Waals surface area contributed by atoms with E-state index < -0.39 is 18.0 Å². The first-order chi connectivity index (χ1) is 15.0. The Bertz CT molecular complexity index is 1090. The van der Waals surface area contributed by atoms with Crippen LogP contribution in [-0.4, -0.2) is 29.5 Å². The minimum Gasteiger partial charge on any atom is -0.326 e. The molecule has 0 spiro atoms. The van der Waals surface area contributed by atoms with E-state index in [2.05, 4.69) is 15.6 Å². The van der Waals surface area contributed by atoms with E-state index in [4.69, 9.17) is 11.6 Å². The van der Waals surface area contributed by atoms with Gasteiger partial charge in [0.1, 0.15) is 6.04 Å². The van der Waals surface area contributed by atoms with Gasteiger partial charge < -0.3 is 15.5 Å². The highest BCUT2D eigenvalue weighted by Gasteiger charge is 2.30. The molecule has 0 bridgehead atoms. The van der Waals surface area contributed by atoms with E-state index in [1.54, 1.807) is 65.6 Å². The number of benzene rings is 2. The second kappa shape index (κ2) is 9.14. The van der Waals surface area contributed by atoms with Crippen LogP contribution in [0.1, 0.15) is 12.8 Å². The lowest BCUT2D eigenvalue weighted by atomic mass is 10.0. The summed E-state index contributed by atoms with van der Waals surface area (Å²) in [7, 11) is 0. The van der Waals surface area contributed by atoms with E-state index in [0.29, 0.717) is 40.5 Å². The molecule has 0 aliphatic carbocycles. The molecule has 1 atom stereocenters. The molecule has 0 radical (unpaired) electrons. The van der Waals surface area contributed by atoms with E-state index in [1.807, 2.05) is 0 Å². The van der Waals surface area contributed by atoms with Crippen molar-refractivity contribution in [3.05, 3.63) is 77.8 Å². The van der Waals surface area contributed by atoms with Crippen LogP contribution in [0, 0.1) is 5.95 Å². The molecule has 8 heteroatoms. The Morgan fingerprint density at radius 3 is 2.55 bits per heavy atom. The van der Waals surface area contributed by atoms with Crippen molar-refractivity contribution in [2.75, 3.05) is 16.8 Å². The molecule has 1 aromatic heterocycles. The molecule has 2 aromatic carbocycles. The lowest BCUT2D eigenvalue weighted by Crippen LogP contribution is -2.53. The minimum absolute atomic E-state index is 0.183. The Labute approximate surface area is 184 Å². The first-order valence-corrected chi connectivity index (χ1v) is 10.2. The van der Waals surface area contributed by atoms with Crippen LogP contribution in [0.4, 0.5) is 20.6 Å². The fourth-order valence-corrected chi connectivity index (χ4v) is 3.67. The lowest BCUT2D eigenvalue weighted by molar-refractivity contribution is -0.121. The van der Waals surface area contributed by atoms with Gasteiger partial charge in [0.25, 0.3) is 0 Å². The summed E-state index contributed by atoms with van der Waals surface area (Å²) in [6.45, 7) is 0.552. The first-order valence-electron chi connectivity index (χ1n) is 9.87. The van der Waals surface area contributed by atoms with Gasteiger partial charge in [0.05, 0.1) is 0 Å². The zero-order valence-corrected chi connectivity index (χ0v) is 17.3. The van der Waals surface area contributed by atoms with Gasteiger partial charge >= 0.3 is 6.03 Å². The molecular weight excluding hydrogens is 419 g/mol. The van der Waals surface area contributed by atoms with Crippen molar-refractivity contribution >= 4 is 34.9 Å². The van der Waals surface area contributed by atoms with Gasteiger partial charge in [0.15, 0.2) is 0 Å². The maximum atomic E-state index is 13.9. The van der Waals surface area contributed by atoms with Crippen molar-refractivity contribution in [1.82, 2.24) is 10.3 Å². The summed E-state index contributed by atoms with van der Waals surface area (Å²) in [5, 5.41) is 6.02. The predicted molar refractivity (Wildman–Crippen MR) is 119 cm³/mol. The molecule has 158 valence electrons. The van der Waals surface area contributed by atoms with E-state index >= 15 is 0 Å². The molecule has 4 rings (SSSR count). The number of nitrogens with zero attached hydrogens (tertiary/aromatic N) is 2. The molecule has 2 heterocycles. The summed E-state index contributed by atoms with van der Waals surface area (Å²) in [5.41, 5.74) is 2.36. The van der Waals surface area contributed by atoms with Crippen molar-refractivity contribution in [2.45, 2.75) is 18.9 Å². The molecule has 6 nitrogen and oxygen atoms in total. The number of anilines is 2. The summed E-state index contributed by atoms with van der Waals surface area (Å²) in [4.78, 5) is 30.6. The third-order valence-electron chi connectivity index (χ3n) is 5.10. The Kier molecular flexibility index (Phi) is 6.13. The summed E-state index contributed by atoms with van der Waals surface area (Å²) < 4.78 is 13.9. The van der Waals surface area contributed by atoms with E-state index in [9.17, 15) is 14.0 Å². The summed E-state index contributed by atoms with van der Waals surface area (Å²) in [6, 6.07) is 16.0. The number of carbonyl (C=O) groups is 2. The van der Waals surface area contributed by atoms with Crippen molar-refractivity contribution in [1.29, 1.82) is 0 Å². The van der Waals surface area contributed by atoms with Gasteiger partial charge in [0, 0.05) is 34.7 Å². The van der Waals surface area contributed by atoms with Crippen LogP contribution in [0.15, 0.2) is 66.9 Å². The Balaban J connectivity index is 1.43. The maximum absolute atomic E-state index is 13.9. The van der Waals surface area contributed by atoms with Gasteiger partial charge in [-0.1, -0.05) is 23.7 Å².